The van der Waals surface area contributed by atoms with Crippen LogP contribution in [0.2, 0.25) is 0 Å². The molecule has 0 unspecified atom stereocenters. The number of thiophene rings is 1. The summed E-state index contributed by atoms with van der Waals surface area (Å²) in [5, 5.41) is 11.4. The molecule has 0 aliphatic carbocycles. The standard InChI is InChI=1S/C10H16N2O4S2/c1-5-7(2)11(3)10-8(12(13)14)6-9(17-10)18(4,15)16/h6-7H,5H2,1-4H3/t7-/m0/s1. The Kier molecular flexibility index (Phi) is 4.33. The largest absolute Gasteiger partial charge is 0.358 e. The van der Waals surface area contributed by atoms with Gasteiger partial charge in [0.1, 0.15) is 4.21 Å². The highest BCUT2D eigenvalue weighted by Gasteiger charge is 2.27. The van der Waals surface area contributed by atoms with Gasteiger partial charge in [-0.25, -0.2) is 8.42 Å². The molecule has 102 valence electrons. The zero-order valence-corrected chi connectivity index (χ0v) is 12.3. The van der Waals surface area contributed by atoms with E-state index in [1.165, 1.54) is 0 Å². The van der Waals surface area contributed by atoms with Gasteiger partial charge in [0.15, 0.2) is 14.8 Å². The van der Waals surface area contributed by atoms with E-state index >= 15 is 0 Å². The topological polar surface area (TPSA) is 80.5 Å². The smallest absolute Gasteiger partial charge is 0.305 e. The quantitative estimate of drug-likeness (QED) is 0.614. The first-order chi connectivity index (χ1) is 8.18. The lowest BCUT2D eigenvalue weighted by Crippen LogP contribution is -2.27. The minimum Gasteiger partial charge on any atom is -0.358 e. The van der Waals surface area contributed by atoms with Crippen molar-refractivity contribution < 1.29 is 13.3 Å². The molecule has 1 atom stereocenters. The molecule has 0 spiro atoms. The van der Waals surface area contributed by atoms with Crippen LogP contribution < -0.4 is 4.90 Å². The Morgan fingerprint density at radius 1 is 1.56 bits per heavy atom. The average Bonchev–Trinajstić information content (AvgIpc) is 2.71. The maximum Gasteiger partial charge on any atom is 0.305 e. The molecule has 8 heteroatoms. The van der Waals surface area contributed by atoms with Gasteiger partial charge in [0.2, 0.25) is 0 Å². The number of nitro groups is 1. The molecule has 0 aliphatic heterocycles. The van der Waals surface area contributed by atoms with E-state index in [2.05, 4.69) is 0 Å². The van der Waals surface area contributed by atoms with E-state index in [1.54, 1.807) is 11.9 Å². The molecular weight excluding hydrogens is 276 g/mol. The van der Waals surface area contributed by atoms with Gasteiger partial charge >= 0.3 is 5.69 Å². The van der Waals surface area contributed by atoms with Gasteiger partial charge in [0.25, 0.3) is 0 Å². The van der Waals surface area contributed by atoms with Crippen molar-refractivity contribution in [2.45, 2.75) is 30.5 Å². The first kappa shape index (κ1) is 14.9. The summed E-state index contributed by atoms with van der Waals surface area (Å²) in [6, 6.07) is 1.24. The molecule has 0 fully saturated rings. The van der Waals surface area contributed by atoms with Gasteiger partial charge in [-0.05, 0) is 13.3 Å². The van der Waals surface area contributed by atoms with Gasteiger partial charge < -0.3 is 4.90 Å². The highest BCUT2D eigenvalue weighted by atomic mass is 32.2. The fraction of sp³-hybridized carbons (Fsp3) is 0.600. The van der Waals surface area contributed by atoms with Gasteiger partial charge in [0.05, 0.1) is 4.92 Å². The van der Waals surface area contributed by atoms with Crippen LogP contribution in [-0.2, 0) is 9.84 Å². The van der Waals surface area contributed by atoms with Crippen LogP contribution in [0.25, 0.3) is 0 Å². The number of anilines is 1. The first-order valence-corrected chi connectivity index (χ1v) is 8.10. The third-order valence-corrected chi connectivity index (χ3v) is 5.82. The Balaban J connectivity index is 3.34. The average molecular weight is 292 g/mol. The van der Waals surface area contributed by atoms with E-state index in [0.29, 0.717) is 5.00 Å². The third kappa shape index (κ3) is 2.99. The predicted octanol–water partition coefficient (Wildman–Crippen LogP) is 2.29. The summed E-state index contributed by atoms with van der Waals surface area (Å²) >= 11 is 0.943. The second-order valence-corrected chi connectivity index (χ2v) is 7.43. The van der Waals surface area contributed by atoms with Crippen molar-refractivity contribution in [3.05, 3.63) is 16.2 Å². The molecule has 6 nitrogen and oxygen atoms in total. The molecule has 0 aliphatic rings. The molecule has 0 aromatic carbocycles. The number of hydrogen-bond acceptors (Lipinski definition) is 6. The molecule has 1 heterocycles. The lowest BCUT2D eigenvalue weighted by atomic mass is 10.2. The number of rotatable bonds is 5. The Bertz CT molecular complexity index is 550. The first-order valence-electron chi connectivity index (χ1n) is 5.39. The molecule has 1 aromatic heterocycles. The van der Waals surface area contributed by atoms with Crippen LogP contribution in [0.4, 0.5) is 10.7 Å². The lowest BCUT2D eigenvalue weighted by molar-refractivity contribution is -0.383. The summed E-state index contributed by atoms with van der Waals surface area (Å²) in [6.07, 6.45) is 1.87. The molecule has 0 amide bonds. The second kappa shape index (κ2) is 5.23. The van der Waals surface area contributed by atoms with Gasteiger partial charge in [0, 0.05) is 25.4 Å². The van der Waals surface area contributed by atoms with Crippen molar-refractivity contribution in [3.63, 3.8) is 0 Å². The molecule has 18 heavy (non-hydrogen) atoms. The molecular formula is C10H16N2O4S2. The van der Waals surface area contributed by atoms with Gasteiger partial charge in [-0.1, -0.05) is 18.3 Å². The third-order valence-electron chi connectivity index (χ3n) is 2.81. The van der Waals surface area contributed by atoms with E-state index in [0.717, 1.165) is 30.1 Å². The summed E-state index contributed by atoms with van der Waals surface area (Å²) in [5.74, 6) is 0. The highest BCUT2D eigenvalue weighted by molar-refractivity contribution is 7.92. The molecule has 0 bridgehead atoms. The fourth-order valence-corrected chi connectivity index (χ4v) is 3.48. The van der Waals surface area contributed by atoms with Gasteiger partial charge in [-0.2, -0.15) is 0 Å². The van der Waals surface area contributed by atoms with E-state index < -0.39 is 14.8 Å². The molecule has 0 saturated heterocycles. The van der Waals surface area contributed by atoms with Crippen molar-refractivity contribution in [3.8, 4) is 0 Å². The fourth-order valence-electron chi connectivity index (χ4n) is 1.39. The van der Waals surface area contributed by atoms with Crippen LogP contribution in [-0.4, -0.2) is 32.7 Å². The van der Waals surface area contributed by atoms with Gasteiger partial charge in [-0.15, -0.1) is 0 Å². The second-order valence-electron chi connectivity index (χ2n) is 4.15. The summed E-state index contributed by atoms with van der Waals surface area (Å²) in [5.41, 5.74) is -0.150. The Hall–Kier alpha value is -1.15. The SMILES string of the molecule is CC[C@H](C)N(C)c1sc(S(C)(=O)=O)cc1[N+](=O)[O-]. The molecule has 1 aromatic rings. The maximum absolute atomic E-state index is 11.5. The monoisotopic (exact) mass is 292 g/mol. The minimum atomic E-state index is -3.42. The molecule has 0 saturated carbocycles. The molecule has 0 radical (unpaired) electrons. The lowest BCUT2D eigenvalue weighted by Gasteiger charge is -2.23. The normalized spacial score (nSPS) is 13.3. The Morgan fingerprint density at radius 3 is 2.50 bits per heavy atom. The van der Waals surface area contributed by atoms with Crippen LogP contribution in [0.1, 0.15) is 20.3 Å². The van der Waals surface area contributed by atoms with Crippen molar-refractivity contribution in [1.82, 2.24) is 0 Å². The van der Waals surface area contributed by atoms with Crippen LogP contribution in [0.3, 0.4) is 0 Å². The van der Waals surface area contributed by atoms with Crippen LogP contribution in [0, 0.1) is 10.1 Å². The zero-order chi connectivity index (χ0) is 14.1. The molecule has 0 N–H and O–H groups in total. The summed E-state index contributed by atoms with van der Waals surface area (Å²) in [6.45, 7) is 3.90. The van der Waals surface area contributed by atoms with Crippen LogP contribution in [0.15, 0.2) is 10.3 Å². The number of hydrogen-bond donors (Lipinski definition) is 0. The van der Waals surface area contributed by atoms with E-state index in [-0.39, 0.29) is 15.9 Å². The number of sulfone groups is 1. The Labute approximate surface area is 110 Å². The van der Waals surface area contributed by atoms with E-state index in [1.807, 2.05) is 13.8 Å². The van der Waals surface area contributed by atoms with Crippen molar-refractivity contribution in [2.75, 3.05) is 18.2 Å². The summed E-state index contributed by atoms with van der Waals surface area (Å²) in [4.78, 5) is 12.2. The van der Waals surface area contributed by atoms with Crippen molar-refractivity contribution >= 4 is 31.9 Å². The highest BCUT2D eigenvalue weighted by Crippen LogP contribution is 2.40. The summed E-state index contributed by atoms with van der Waals surface area (Å²) < 4.78 is 22.9. The van der Waals surface area contributed by atoms with Crippen LogP contribution >= 0.6 is 11.3 Å². The van der Waals surface area contributed by atoms with Crippen molar-refractivity contribution in [1.29, 1.82) is 0 Å². The maximum atomic E-state index is 11.5. The van der Waals surface area contributed by atoms with Crippen LogP contribution in [0.5, 0.6) is 0 Å². The predicted molar refractivity (Wildman–Crippen MR) is 72.2 cm³/mol. The van der Waals surface area contributed by atoms with E-state index in [9.17, 15) is 18.5 Å². The minimum absolute atomic E-state index is 0.0272. The molecule has 1 rings (SSSR count). The van der Waals surface area contributed by atoms with E-state index in [4.69, 9.17) is 0 Å². The Morgan fingerprint density at radius 2 is 2.11 bits per heavy atom. The summed E-state index contributed by atoms with van der Waals surface area (Å²) in [7, 11) is -1.68. The van der Waals surface area contributed by atoms with Gasteiger partial charge in [-0.3, -0.25) is 10.1 Å². The zero-order valence-electron chi connectivity index (χ0n) is 10.7. The van der Waals surface area contributed by atoms with Crippen molar-refractivity contribution in [2.24, 2.45) is 0 Å². The number of nitrogens with zero attached hydrogens (tertiary/aromatic N) is 2.